The van der Waals surface area contributed by atoms with Crippen molar-refractivity contribution in [1.29, 1.82) is 0 Å². The van der Waals surface area contributed by atoms with Crippen molar-refractivity contribution >= 4 is 17.5 Å². The minimum atomic E-state index is -1.02. The first-order chi connectivity index (χ1) is 14.0. The Labute approximate surface area is 171 Å². The molecule has 0 spiro atoms. The van der Waals surface area contributed by atoms with Crippen LogP contribution in [0.15, 0.2) is 78.9 Å². The number of nitrogens with zero attached hydrogens (tertiary/aromatic N) is 1. The normalized spacial score (nSPS) is 18.3. The number of anilines is 1. The van der Waals surface area contributed by atoms with Gasteiger partial charge in [0.05, 0.1) is 0 Å². The SMILES string of the molecule is Cc1ccccc1CNC(=O)C1(C)Cc2ccccc2C(=O)N1c1ccccc1. The van der Waals surface area contributed by atoms with Gasteiger partial charge in [0, 0.05) is 24.2 Å². The first-order valence-corrected chi connectivity index (χ1v) is 9.81. The van der Waals surface area contributed by atoms with Crippen LogP contribution in [-0.2, 0) is 17.8 Å². The van der Waals surface area contributed by atoms with Crippen molar-refractivity contribution < 1.29 is 9.59 Å². The number of carbonyl (C=O) groups is 2. The number of hydrogen-bond acceptors (Lipinski definition) is 2. The summed E-state index contributed by atoms with van der Waals surface area (Å²) >= 11 is 0. The van der Waals surface area contributed by atoms with E-state index >= 15 is 0 Å². The zero-order chi connectivity index (χ0) is 20.4. The fourth-order valence-corrected chi connectivity index (χ4v) is 4.01. The lowest BCUT2D eigenvalue weighted by molar-refractivity contribution is -0.126. The Morgan fingerprint density at radius 2 is 1.62 bits per heavy atom. The van der Waals surface area contributed by atoms with E-state index in [0.29, 0.717) is 18.5 Å². The molecule has 3 aromatic rings. The maximum atomic E-state index is 13.4. The molecule has 0 saturated heterocycles. The Kier molecular flexibility index (Phi) is 4.93. The Balaban J connectivity index is 1.70. The lowest BCUT2D eigenvalue weighted by Gasteiger charge is -2.44. The lowest BCUT2D eigenvalue weighted by atomic mass is 9.82. The third-order valence-electron chi connectivity index (χ3n) is 5.68. The van der Waals surface area contributed by atoms with Gasteiger partial charge in [0.2, 0.25) is 5.91 Å². The molecule has 4 nitrogen and oxygen atoms in total. The molecule has 29 heavy (non-hydrogen) atoms. The summed E-state index contributed by atoms with van der Waals surface area (Å²) in [7, 11) is 0. The maximum absolute atomic E-state index is 13.4. The largest absolute Gasteiger partial charge is 0.350 e. The molecular weight excluding hydrogens is 360 g/mol. The van der Waals surface area contributed by atoms with Crippen molar-refractivity contribution in [2.75, 3.05) is 4.90 Å². The van der Waals surface area contributed by atoms with E-state index in [1.165, 1.54) is 0 Å². The van der Waals surface area contributed by atoms with Crippen LogP contribution in [0.5, 0.6) is 0 Å². The molecule has 0 bridgehead atoms. The minimum absolute atomic E-state index is 0.147. The minimum Gasteiger partial charge on any atom is -0.350 e. The smallest absolute Gasteiger partial charge is 0.259 e. The van der Waals surface area contributed by atoms with Gasteiger partial charge in [-0.25, -0.2) is 0 Å². The summed E-state index contributed by atoms with van der Waals surface area (Å²) in [5.74, 6) is -0.306. The standard InChI is InChI=1S/C25H24N2O2/c1-18-10-6-7-12-20(18)17-26-24(29)25(2)16-19-11-8-9-15-22(19)23(28)27(25)21-13-4-3-5-14-21/h3-15H,16-17H2,1-2H3,(H,26,29). The fraction of sp³-hybridized carbons (Fsp3) is 0.200. The van der Waals surface area contributed by atoms with E-state index in [9.17, 15) is 9.59 Å². The molecule has 1 N–H and O–H groups in total. The topological polar surface area (TPSA) is 49.4 Å². The second-order valence-electron chi connectivity index (χ2n) is 7.69. The van der Waals surface area contributed by atoms with Crippen molar-refractivity contribution in [3.05, 3.63) is 101 Å². The summed E-state index contributed by atoms with van der Waals surface area (Å²) in [6.07, 6.45) is 0.462. The van der Waals surface area contributed by atoms with Crippen molar-refractivity contribution in [2.45, 2.75) is 32.4 Å². The highest BCUT2D eigenvalue weighted by atomic mass is 16.2. The van der Waals surface area contributed by atoms with E-state index in [0.717, 1.165) is 22.4 Å². The number of rotatable bonds is 4. The molecule has 3 aromatic carbocycles. The first-order valence-electron chi connectivity index (χ1n) is 9.81. The van der Waals surface area contributed by atoms with Crippen LogP contribution >= 0.6 is 0 Å². The summed E-state index contributed by atoms with van der Waals surface area (Å²) in [5.41, 5.74) is 3.45. The number of carbonyl (C=O) groups excluding carboxylic acids is 2. The van der Waals surface area contributed by atoms with Crippen LogP contribution in [0, 0.1) is 6.92 Å². The highest BCUT2D eigenvalue weighted by Gasteiger charge is 2.47. The van der Waals surface area contributed by atoms with Crippen LogP contribution in [-0.4, -0.2) is 17.4 Å². The number of nitrogens with one attached hydrogen (secondary N) is 1. The second-order valence-corrected chi connectivity index (χ2v) is 7.69. The first kappa shape index (κ1) is 18.9. The van der Waals surface area contributed by atoms with E-state index in [1.54, 1.807) is 4.90 Å². The van der Waals surface area contributed by atoms with Crippen LogP contribution in [0.1, 0.15) is 34.0 Å². The molecule has 1 aliphatic rings. The lowest BCUT2D eigenvalue weighted by Crippen LogP contribution is -2.63. The molecule has 0 fully saturated rings. The third kappa shape index (κ3) is 3.42. The summed E-state index contributed by atoms with van der Waals surface area (Å²) in [6.45, 7) is 4.31. The molecular formula is C25H24N2O2. The zero-order valence-corrected chi connectivity index (χ0v) is 16.7. The monoisotopic (exact) mass is 384 g/mol. The van der Waals surface area contributed by atoms with Gasteiger partial charge in [-0.15, -0.1) is 0 Å². The molecule has 0 saturated carbocycles. The molecule has 2 amide bonds. The van der Waals surface area contributed by atoms with Crippen LogP contribution in [0.25, 0.3) is 0 Å². The molecule has 4 rings (SSSR count). The molecule has 0 aliphatic carbocycles. The molecule has 1 unspecified atom stereocenters. The Morgan fingerprint density at radius 1 is 0.966 bits per heavy atom. The summed E-state index contributed by atoms with van der Waals surface area (Å²) in [6, 6.07) is 24.9. The van der Waals surface area contributed by atoms with Crippen molar-refractivity contribution in [3.63, 3.8) is 0 Å². The predicted molar refractivity (Wildman–Crippen MR) is 115 cm³/mol. The van der Waals surface area contributed by atoms with Crippen molar-refractivity contribution in [3.8, 4) is 0 Å². The number of fused-ring (bicyclic) bond motifs is 1. The molecule has 0 radical (unpaired) electrons. The number of amides is 2. The van der Waals surface area contributed by atoms with Gasteiger partial charge in [-0.1, -0.05) is 60.7 Å². The Bertz CT molecular complexity index is 1060. The Hall–Kier alpha value is -3.40. The van der Waals surface area contributed by atoms with Crippen LogP contribution in [0.4, 0.5) is 5.69 Å². The van der Waals surface area contributed by atoms with Gasteiger partial charge in [-0.2, -0.15) is 0 Å². The van der Waals surface area contributed by atoms with Crippen LogP contribution < -0.4 is 10.2 Å². The predicted octanol–water partition coefficient (Wildman–Crippen LogP) is 4.27. The van der Waals surface area contributed by atoms with Crippen LogP contribution in [0.3, 0.4) is 0 Å². The van der Waals surface area contributed by atoms with Gasteiger partial charge in [-0.05, 0) is 48.7 Å². The van der Waals surface area contributed by atoms with Gasteiger partial charge >= 0.3 is 0 Å². The van der Waals surface area contributed by atoms with Crippen molar-refractivity contribution in [2.24, 2.45) is 0 Å². The number of aryl methyl sites for hydroxylation is 1. The van der Waals surface area contributed by atoms with Gasteiger partial charge in [0.1, 0.15) is 5.54 Å². The van der Waals surface area contributed by atoms with E-state index in [4.69, 9.17) is 0 Å². The summed E-state index contributed by atoms with van der Waals surface area (Å²) in [5, 5.41) is 3.07. The van der Waals surface area contributed by atoms with E-state index in [-0.39, 0.29) is 11.8 Å². The van der Waals surface area contributed by atoms with E-state index < -0.39 is 5.54 Å². The number of para-hydroxylation sites is 1. The average Bonchev–Trinajstić information content (AvgIpc) is 2.74. The van der Waals surface area contributed by atoms with E-state index in [1.807, 2.05) is 92.7 Å². The second kappa shape index (κ2) is 7.55. The fourth-order valence-electron chi connectivity index (χ4n) is 4.01. The maximum Gasteiger partial charge on any atom is 0.259 e. The highest BCUT2D eigenvalue weighted by molar-refractivity contribution is 6.14. The summed E-state index contributed by atoms with van der Waals surface area (Å²) in [4.78, 5) is 28.5. The molecule has 1 aliphatic heterocycles. The quantitative estimate of drug-likeness (QED) is 0.730. The van der Waals surface area contributed by atoms with Gasteiger partial charge in [0.15, 0.2) is 0 Å². The average molecular weight is 384 g/mol. The molecule has 146 valence electrons. The van der Waals surface area contributed by atoms with Crippen LogP contribution in [0.2, 0.25) is 0 Å². The zero-order valence-electron chi connectivity index (χ0n) is 16.7. The third-order valence-corrected chi connectivity index (χ3v) is 5.68. The van der Waals surface area contributed by atoms with E-state index in [2.05, 4.69) is 5.32 Å². The number of hydrogen-bond donors (Lipinski definition) is 1. The van der Waals surface area contributed by atoms with Crippen molar-refractivity contribution in [1.82, 2.24) is 5.32 Å². The van der Waals surface area contributed by atoms with Gasteiger partial charge in [0.25, 0.3) is 5.91 Å². The Morgan fingerprint density at radius 3 is 2.38 bits per heavy atom. The molecule has 4 heteroatoms. The molecule has 0 aromatic heterocycles. The summed E-state index contributed by atoms with van der Waals surface area (Å²) < 4.78 is 0. The highest BCUT2D eigenvalue weighted by Crippen LogP contribution is 2.35. The van der Waals surface area contributed by atoms with Gasteiger partial charge < -0.3 is 5.32 Å². The number of benzene rings is 3. The molecule has 1 heterocycles. The molecule has 1 atom stereocenters. The van der Waals surface area contributed by atoms with Gasteiger partial charge in [-0.3, -0.25) is 14.5 Å².